The molecular formula is C37H70N2O6P+. The lowest BCUT2D eigenvalue weighted by molar-refractivity contribution is -0.870. The summed E-state index contributed by atoms with van der Waals surface area (Å²) in [6, 6.07) is -0.867. The number of likely N-dealkylation sites (N-methyl/N-ethyl adjacent to an activating group) is 1. The predicted octanol–water partition coefficient (Wildman–Crippen LogP) is 8.96. The Hall–Kier alpha value is -1.54. The summed E-state index contributed by atoms with van der Waals surface area (Å²) in [4.78, 5) is 22.9. The molecule has 0 aromatic rings. The van der Waals surface area contributed by atoms with Gasteiger partial charge in [-0.3, -0.25) is 13.8 Å². The fourth-order valence-electron chi connectivity index (χ4n) is 4.55. The molecule has 0 aliphatic heterocycles. The van der Waals surface area contributed by atoms with Crippen LogP contribution in [0.15, 0.2) is 48.6 Å². The summed E-state index contributed by atoms with van der Waals surface area (Å²) in [6.07, 6.45) is 34.7. The van der Waals surface area contributed by atoms with Gasteiger partial charge in [-0.2, -0.15) is 0 Å². The van der Waals surface area contributed by atoms with Crippen LogP contribution in [0.25, 0.3) is 0 Å². The third kappa shape index (κ3) is 31.1. The summed E-state index contributed by atoms with van der Waals surface area (Å²) in [7, 11) is 1.53. The highest BCUT2D eigenvalue weighted by molar-refractivity contribution is 7.47. The van der Waals surface area contributed by atoms with Crippen LogP contribution in [0.5, 0.6) is 0 Å². The molecule has 0 fully saturated rings. The van der Waals surface area contributed by atoms with Gasteiger partial charge in [0.25, 0.3) is 0 Å². The number of quaternary nitrogens is 1. The number of hydrogen-bond donors (Lipinski definition) is 3. The Labute approximate surface area is 282 Å². The first-order valence-electron chi connectivity index (χ1n) is 18.0. The van der Waals surface area contributed by atoms with E-state index >= 15 is 0 Å². The summed E-state index contributed by atoms with van der Waals surface area (Å²) in [5.41, 5.74) is 0. The maximum absolute atomic E-state index is 12.7. The number of allylic oxidation sites excluding steroid dienone is 7. The Morgan fingerprint density at radius 1 is 0.739 bits per heavy atom. The Kier molecular flexibility index (Phi) is 28.6. The first-order valence-corrected chi connectivity index (χ1v) is 19.5. The molecule has 0 aliphatic rings. The van der Waals surface area contributed by atoms with Crippen molar-refractivity contribution in [2.75, 3.05) is 40.9 Å². The largest absolute Gasteiger partial charge is 0.472 e. The number of carbonyl (C=O) groups excluding carboxylic acids is 1. The summed E-state index contributed by atoms with van der Waals surface area (Å²) in [5, 5.41) is 13.6. The SMILES string of the molecule is CCCCC/C=C/C/C=C/CCCCCCCC(=O)N[C@@H](COP(=O)(O)OCC[N+](C)(C)C)[C@H](O)/C=C/CC/C=C/CCCCC. The van der Waals surface area contributed by atoms with Gasteiger partial charge in [0, 0.05) is 6.42 Å². The third-order valence-corrected chi connectivity index (χ3v) is 8.51. The topological polar surface area (TPSA) is 105 Å². The molecule has 0 aromatic carbocycles. The molecule has 0 heterocycles. The van der Waals surface area contributed by atoms with E-state index in [1.54, 1.807) is 6.08 Å². The number of phosphoric ester groups is 1. The lowest BCUT2D eigenvalue weighted by atomic mass is 10.1. The molecule has 0 saturated heterocycles. The average Bonchev–Trinajstić information content (AvgIpc) is 2.99. The van der Waals surface area contributed by atoms with Crippen molar-refractivity contribution < 1.29 is 32.9 Å². The molecule has 0 saturated carbocycles. The average molecular weight is 670 g/mol. The van der Waals surface area contributed by atoms with Crippen molar-refractivity contribution in [1.29, 1.82) is 0 Å². The molecule has 46 heavy (non-hydrogen) atoms. The van der Waals surface area contributed by atoms with E-state index in [-0.39, 0.29) is 19.1 Å². The molecule has 9 heteroatoms. The van der Waals surface area contributed by atoms with Crippen molar-refractivity contribution in [2.24, 2.45) is 0 Å². The van der Waals surface area contributed by atoms with Crippen LogP contribution in [0.1, 0.15) is 129 Å². The van der Waals surface area contributed by atoms with Gasteiger partial charge in [0.15, 0.2) is 0 Å². The smallest absolute Gasteiger partial charge is 0.387 e. The van der Waals surface area contributed by atoms with Gasteiger partial charge in [-0.15, -0.1) is 0 Å². The fourth-order valence-corrected chi connectivity index (χ4v) is 5.29. The molecular weight excluding hydrogens is 599 g/mol. The Morgan fingerprint density at radius 3 is 1.87 bits per heavy atom. The standard InChI is InChI=1S/C37H69N2O6P/c1-6-8-10-12-14-16-17-18-19-20-21-23-25-27-29-31-37(41)38-35(34-45-46(42,43)44-33-32-39(3,4)5)36(40)30-28-26-24-22-15-13-11-9-7-2/h14-16,18-19,22,28,30,35-36,40H,6-13,17,20-21,23-27,29,31-34H2,1-5H3,(H-,38,41,42,43)/p+1/b16-14+,19-18+,22-15+,30-28+/t35-,36+/m0/s1. The Bertz CT molecular complexity index is 897. The minimum Gasteiger partial charge on any atom is -0.387 e. The number of nitrogens with one attached hydrogen (secondary N) is 1. The molecule has 0 bridgehead atoms. The molecule has 8 nitrogen and oxygen atoms in total. The summed E-state index contributed by atoms with van der Waals surface area (Å²) in [6.45, 7) is 4.66. The van der Waals surface area contributed by atoms with E-state index in [2.05, 4.69) is 55.6 Å². The minimum absolute atomic E-state index is 0.0511. The molecule has 3 atom stereocenters. The normalized spacial score (nSPS) is 15.4. The maximum Gasteiger partial charge on any atom is 0.472 e. The van der Waals surface area contributed by atoms with E-state index in [1.165, 1.54) is 44.9 Å². The molecule has 0 radical (unpaired) electrons. The van der Waals surface area contributed by atoms with Crippen molar-refractivity contribution in [3.63, 3.8) is 0 Å². The van der Waals surface area contributed by atoms with Crippen molar-refractivity contribution >= 4 is 13.7 Å². The molecule has 0 spiro atoms. The number of carbonyl (C=O) groups is 1. The minimum atomic E-state index is -4.34. The van der Waals surface area contributed by atoms with E-state index in [1.807, 2.05) is 27.2 Å². The zero-order chi connectivity index (χ0) is 34.4. The zero-order valence-electron chi connectivity index (χ0n) is 30.0. The lowest BCUT2D eigenvalue weighted by Crippen LogP contribution is -2.45. The fraction of sp³-hybridized carbons (Fsp3) is 0.757. The van der Waals surface area contributed by atoms with Gasteiger partial charge in [0.05, 0.1) is 39.9 Å². The van der Waals surface area contributed by atoms with Gasteiger partial charge in [-0.25, -0.2) is 4.57 Å². The first kappa shape index (κ1) is 44.5. The number of amides is 1. The van der Waals surface area contributed by atoms with Crippen molar-refractivity contribution in [2.45, 2.75) is 142 Å². The molecule has 268 valence electrons. The Balaban J connectivity index is 4.59. The van der Waals surface area contributed by atoms with Crippen molar-refractivity contribution in [3.8, 4) is 0 Å². The van der Waals surface area contributed by atoms with E-state index in [0.717, 1.165) is 64.2 Å². The molecule has 0 aromatic heterocycles. The van der Waals surface area contributed by atoms with E-state index in [0.29, 0.717) is 17.4 Å². The first-order chi connectivity index (χ1) is 22.0. The molecule has 0 rings (SSSR count). The third-order valence-electron chi connectivity index (χ3n) is 7.52. The number of phosphoric acid groups is 1. The molecule has 3 N–H and O–H groups in total. The molecule has 0 aliphatic carbocycles. The number of unbranched alkanes of at least 4 members (excludes halogenated alkanes) is 12. The number of nitrogens with zero attached hydrogens (tertiary/aromatic N) is 1. The lowest BCUT2D eigenvalue weighted by Gasteiger charge is -2.25. The highest BCUT2D eigenvalue weighted by Gasteiger charge is 2.27. The van der Waals surface area contributed by atoms with Crippen molar-refractivity contribution in [3.05, 3.63) is 48.6 Å². The van der Waals surface area contributed by atoms with Gasteiger partial charge < -0.3 is 19.8 Å². The number of aliphatic hydroxyl groups excluding tert-OH is 1. The zero-order valence-corrected chi connectivity index (χ0v) is 30.9. The van der Waals surface area contributed by atoms with E-state index in [9.17, 15) is 19.4 Å². The quantitative estimate of drug-likeness (QED) is 0.0295. The van der Waals surface area contributed by atoms with Gasteiger partial charge in [-0.05, 0) is 64.2 Å². The second-order valence-electron chi connectivity index (χ2n) is 13.2. The Morgan fingerprint density at radius 2 is 1.26 bits per heavy atom. The van der Waals surface area contributed by atoms with Crippen LogP contribution >= 0.6 is 7.82 Å². The van der Waals surface area contributed by atoms with Crippen LogP contribution in [0.2, 0.25) is 0 Å². The maximum atomic E-state index is 12.7. The number of aliphatic hydroxyl groups is 1. The molecule has 1 amide bonds. The van der Waals surface area contributed by atoms with Gasteiger partial charge in [0.2, 0.25) is 5.91 Å². The summed E-state index contributed by atoms with van der Waals surface area (Å²) < 4.78 is 23.3. The van der Waals surface area contributed by atoms with Crippen LogP contribution in [-0.4, -0.2) is 73.4 Å². The summed E-state index contributed by atoms with van der Waals surface area (Å²) in [5.74, 6) is -0.208. The van der Waals surface area contributed by atoms with Crippen LogP contribution < -0.4 is 5.32 Å². The van der Waals surface area contributed by atoms with Gasteiger partial charge in [0.1, 0.15) is 13.2 Å². The highest BCUT2D eigenvalue weighted by atomic mass is 31.2. The van der Waals surface area contributed by atoms with Gasteiger partial charge >= 0.3 is 7.82 Å². The highest BCUT2D eigenvalue weighted by Crippen LogP contribution is 2.43. The second-order valence-corrected chi connectivity index (χ2v) is 14.7. The van der Waals surface area contributed by atoms with E-state index < -0.39 is 20.0 Å². The van der Waals surface area contributed by atoms with E-state index in [4.69, 9.17) is 9.05 Å². The molecule has 1 unspecified atom stereocenters. The van der Waals surface area contributed by atoms with Crippen LogP contribution in [0.3, 0.4) is 0 Å². The number of rotatable bonds is 31. The second kappa shape index (κ2) is 29.6. The van der Waals surface area contributed by atoms with Crippen molar-refractivity contribution in [1.82, 2.24) is 5.32 Å². The predicted molar refractivity (Wildman–Crippen MR) is 194 cm³/mol. The van der Waals surface area contributed by atoms with Crippen LogP contribution in [0.4, 0.5) is 0 Å². The van der Waals surface area contributed by atoms with Crippen LogP contribution in [-0.2, 0) is 18.4 Å². The van der Waals surface area contributed by atoms with Gasteiger partial charge in [-0.1, -0.05) is 107 Å². The number of hydrogen-bond acceptors (Lipinski definition) is 5. The summed E-state index contributed by atoms with van der Waals surface area (Å²) >= 11 is 0. The van der Waals surface area contributed by atoms with Crippen LogP contribution in [0, 0.1) is 0 Å². The monoisotopic (exact) mass is 669 g/mol.